The van der Waals surface area contributed by atoms with Crippen LogP contribution in [0.1, 0.15) is 18.1 Å². The topological polar surface area (TPSA) is 104 Å². The Morgan fingerprint density at radius 1 is 1.32 bits per heavy atom. The van der Waals surface area contributed by atoms with Crippen molar-refractivity contribution in [1.82, 2.24) is 4.90 Å². The van der Waals surface area contributed by atoms with Gasteiger partial charge in [0.15, 0.2) is 0 Å². The molecule has 31 heavy (non-hydrogen) atoms. The number of carbonyl (C=O) groups is 1. The summed E-state index contributed by atoms with van der Waals surface area (Å²) in [6.45, 7) is 1.98. The van der Waals surface area contributed by atoms with Gasteiger partial charge in [0.05, 0.1) is 38.4 Å². The highest BCUT2D eigenvalue weighted by molar-refractivity contribution is 9.10. The number of halogens is 1. The second-order valence-electron chi connectivity index (χ2n) is 6.65. The van der Waals surface area contributed by atoms with Crippen LogP contribution in [-0.4, -0.2) is 48.5 Å². The van der Waals surface area contributed by atoms with Crippen molar-refractivity contribution in [3.05, 3.63) is 52.0 Å². The number of carbonyl (C=O) groups excluding carboxylic acids is 1. The van der Waals surface area contributed by atoms with E-state index in [0.29, 0.717) is 26.4 Å². The normalized spacial score (nSPS) is 12.6. The highest BCUT2D eigenvalue weighted by Crippen LogP contribution is 2.33. The maximum absolute atomic E-state index is 12.8. The number of ether oxygens (including phenoxy) is 2. The Hall–Kier alpha value is -2.90. The average Bonchev–Trinajstić information content (AvgIpc) is 2.71. The van der Waals surface area contributed by atoms with Crippen molar-refractivity contribution < 1.29 is 18.5 Å². The maximum Gasteiger partial charge on any atom is 0.442 e. The Kier molecular flexibility index (Phi) is 8.59. The zero-order chi connectivity index (χ0) is 23.0. The second kappa shape index (κ2) is 10.9. The molecule has 0 fully saturated rings. The van der Waals surface area contributed by atoms with Crippen LogP contribution in [-0.2, 0) is 21.1 Å². The van der Waals surface area contributed by atoms with E-state index in [2.05, 4.69) is 31.4 Å². The highest BCUT2D eigenvalue weighted by atomic mass is 79.9. The van der Waals surface area contributed by atoms with Gasteiger partial charge in [-0.25, -0.2) is 14.0 Å². The average molecular weight is 507 g/mol. The third kappa shape index (κ3) is 7.08. The molecule has 0 aliphatic rings. The molecule has 8 nitrogen and oxygen atoms in total. The number of nitriles is 1. The molecule has 0 spiro atoms. The van der Waals surface area contributed by atoms with Gasteiger partial charge < -0.3 is 14.4 Å². The molecule has 10 heteroatoms. The number of hydrogen-bond donors (Lipinski definition) is 0. The Morgan fingerprint density at radius 3 is 2.71 bits per heavy atom. The van der Waals surface area contributed by atoms with E-state index in [-0.39, 0.29) is 13.2 Å². The van der Waals surface area contributed by atoms with Crippen LogP contribution in [0.3, 0.4) is 0 Å². The summed E-state index contributed by atoms with van der Waals surface area (Å²) in [5.41, 5.74) is 1.62. The Labute approximate surface area is 190 Å². The monoisotopic (exact) mass is 506 g/mol. The van der Waals surface area contributed by atoms with Crippen LogP contribution < -0.4 is 4.74 Å². The second-order valence-corrected chi connectivity index (χ2v) is 9.76. The van der Waals surface area contributed by atoms with Gasteiger partial charge in [0.1, 0.15) is 18.4 Å². The molecule has 0 aromatic heterocycles. The first-order chi connectivity index (χ1) is 14.7. The number of aliphatic imine (C=N–C) groups is 1. The first-order valence-corrected chi connectivity index (χ1v) is 11.9. The fraction of sp³-hybridized carbons (Fsp3) is 0.286. The van der Waals surface area contributed by atoms with Crippen LogP contribution >= 0.6 is 15.9 Å². The van der Waals surface area contributed by atoms with E-state index in [1.807, 2.05) is 20.2 Å². The molecule has 0 bridgehead atoms. The molecular weight excluding hydrogens is 484 g/mol. The van der Waals surface area contributed by atoms with Crippen molar-refractivity contribution in [2.24, 2.45) is 9.36 Å². The van der Waals surface area contributed by atoms with Crippen LogP contribution in [0.5, 0.6) is 5.75 Å². The third-order valence-corrected chi connectivity index (χ3v) is 6.09. The zero-order valence-electron chi connectivity index (χ0n) is 17.7. The van der Waals surface area contributed by atoms with Gasteiger partial charge in [-0.3, -0.25) is 0 Å². The van der Waals surface area contributed by atoms with Gasteiger partial charge in [0.25, 0.3) is 0 Å². The fourth-order valence-electron chi connectivity index (χ4n) is 2.40. The van der Waals surface area contributed by atoms with E-state index in [4.69, 9.17) is 9.47 Å². The summed E-state index contributed by atoms with van der Waals surface area (Å²) < 4.78 is 27.8. The summed E-state index contributed by atoms with van der Waals surface area (Å²) in [6, 6.07) is 12.3. The Balaban J connectivity index is 2.27. The molecule has 0 saturated carbocycles. The summed E-state index contributed by atoms with van der Waals surface area (Å²) in [7, 11) is 0.714. The van der Waals surface area contributed by atoms with Crippen molar-refractivity contribution >= 4 is 43.8 Å². The summed E-state index contributed by atoms with van der Waals surface area (Å²) >= 11 is 3.41. The van der Waals surface area contributed by atoms with E-state index < -0.39 is 15.8 Å². The molecule has 1 atom stereocenters. The molecule has 2 aromatic carbocycles. The molecule has 0 heterocycles. The van der Waals surface area contributed by atoms with Gasteiger partial charge in [-0.05, 0) is 46.6 Å². The minimum atomic E-state index is -2.95. The van der Waals surface area contributed by atoms with Crippen molar-refractivity contribution in [2.75, 3.05) is 27.0 Å². The molecule has 0 N–H and O–H groups in total. The summed E-state index contributed by atoms with van der Waals surface area (Å²) in [5.74, 6) is 0.503. The predicted molar refractivity (Wildman–Crippen MR) is 123 cm³/mol. The Morgan fingerprint density at radius 2 is 2.06 bits per heavy atom. The van der Waals surface area contributed by atoms with E-state index in [1.165, 1.54) is 6.26 Å². The van der Waals surface area contributed by atoms with Gasteiger partial charge in [-0.2, -0.15) is 5.26 Å². The van der Waals surface area contributed by atoms with Crippen molar-refractivity contribution in [2.45, 2.75) is 18.4 Å². The third-order valence-electron chi connectivity index (χ3n) is 3.85. The van der Waals surface area contributed by atoms with Crippen LogP contribution in [0.15, 0.2) is 55.1 Å². The van der Waals surface area contributed by atoms with Crippen molar-refractivity contribution in [1.29, 1.82) is 5.26 Å². The number of hydrogen-bond acceptors (Lipinski definition) is 6. The van der Waals surface area contributed by atoms with Gasteiger partial charge in [-0.1, -0.05) is 12.1 Å². The molecule has 2 rings (SSSR count). The highest BCUT2D eigenvalue weighted by Gasteiger charge is 2.12. The molecule has 0 saturated heterocycles. The SMILES string of the molecule is CCOC(=O)N=S(C)(=O)c1cccc(COc2cc(N=CN(C)C)c(C#N)cc2Br)c1. The van der Waals surface area contributed by atoms with Gasteiger partial charge >= 0.3 is 6.09 Å². The van der Waals surface area contributed by atoms with Crippen LogP contribution in [0.25, 0.3) is 0 Å². The fourth-order valence-corrected chi connectivity index (χ4v) is 4.01. The lowest BCUT2D eigenvalue weighted by molar-refractivity contribution is 0.164. The maximum atomic E-state index is 12.8. The first-order valence-electron chi connectivity index (χ1n) is 9.21. The molecule has 0 aliphatic heterocycles. The largest absolute Gasteiger partial charge is 0.488 e. The molecule has 1 amide bonds. The van der Waals surface area contributed by atoms with Gasteiger partial charge in [0.2, 0.25) is 0 Å². The minimum absolute atomic E-state index is 0.159. The van der Waals surface area contributed by atoms with Gasteiger partial charge in [-0.15, -0.1) is 4.36 Å². The van der Waals surface area contributed by atoms with Crippen LogP contribution in [0, 0.1) is 11.3 Å². The number of amides is 1. The molecule has 1 unspecified atom stereocenters. The zero-order valence-corrected chi connectivity index (χ0v) is 20.1. The number of nitrogens with zero attached hydrogens (tertiary/aromatic N) is 4. The van der Waals surface area contributed by atoms with E-state index >= 15 is 0 Å². The number of rotatable bonds is 7. The van der Waals surface area contributed by atoms with Crippen LogP contribution in [0.4, 0.5) is 10.5 Å². The smallest absolute Gasteiger partial charge is 0.442 e. The molecule has 0 aliphatic carbocycles. The summed E-state index contributed by atoms with van der Waals surface area (Å²) in [4.78, 5) is 18.1. The van der Waals surface area contributed by atoms with E-state index in [1.54, 1.807) is 48.5 Å². The predicted octanol–water partition coefficient (Wildman–Crippen LogP) is 4.73. The van der Waals surface area contributed by atoms with Gasteiger partial charge in [0, 0.05) is 31.3 Å². The van der Waals surface area contributed by atoms with E-state index in [9.17, 15) is 14.3 Å². The molecule has 0 radical (unpaired) electrons. The lowest BCUT2D eigenvalue weighted by Crippen LogP contribution is -2.07. The quantitative estimate of drug-likeness (QED) is 0.396. The van der Waals surface area contributed by atoms with Crippen molar-refractivity contribution in [3.8, 4) is 11.8 Å². The summed E-state index contributed by atoms with van der Waals surface area (Å²) in [5, 5.41) is 9.34. The number of benzene rings is 2. The van der Waals surface area contributed by atoms with Crippen LogP contribution in [0.2, 0.25) is 0 Å². The van der Waals surface area contributed by atoms with Crippen molar-refractivity contribution in [3.63, 3.8) is 0 Å². The lowest BCUT2D eigenvalue weighted by atomic mass is 10.2. The first kappa shape index (κ1) is 24.4. The Bertz CT molecular complexity index is 1150. The summed E-state index contributed by atoms with van der Waals surface area (Å²) in [6.07, 6.45) is 2.13. The molecule has 2 aromatic rings. The lowest BCUT2D eigenvalue weighted by Gasteiger charge is -2.12. The molecular formula is C21H23BrN4O4S. The standard InChI is InChI=1S/C21H23BrN4O4S/c1-5-29-21(27)25-31(4,28)17-8-6-7-15(9-17)13-30-20-11-19(24-14-26(2)3)16(12-23)10-18(20)22/h6-11,14H,5,13H2,1-4H3. The molecule has 164 valence electrons. The van der Waals surface area contributed by atoms with E-state index in [0.717, 1.165) is 5.56 Å². The minimum Gasteiger partial charge on any atom is -0.488 e.